The Morgan fingerprint density at radius 2 is 0.708 bits per heavy atom. The third kappa shape index (κ3) is 7.23. The molecular formula is C61H39N3O. The first-order chi connectivity index (χ1) is 32.2. The zero-order valence-electron chi connectivity index (χ0n) is 35.3. The first kappa shape index (κ1) is 38.0. The Balaban J connectivity index is 0.982. The number of aromatic nitrogens is 3. The number of para-hydroxylation sites is 1. The van der Waals surface area contributed by atoms with Gasteiger partial charge in [-0.3, -0.25) is 0 Å². The molecule has 0 atom stereocenters. The van der Waals surface area contributed by atoms with Crippen molar-refractivity contribution in [3.63, 3.8) is 0 Å². The van der Waals surface area contributed by atoms with Crippen molar-refractivity contribution in [2.45, 2.75) is 0 Å². The Kier molecular flexibility index (Phi) is 9.46. The Morgan fingerprint density at radius 1 is 0.262 bits per heavy atom. The largest absolute Gasteiger partial charge is 0.455 e. The fraction of sp³-hybridized carbons (Fsp3) is 0. The molecule has 10 aromatic carbocycles. The molecule has 0 unspecified atom stereocenters. The van der Waals surface area contributed by atoms with Crippen LogP contribution in [0.1, 0.15) is 0 Å². The Bertz CT molecular complexity index is 3690. The molecule has 0 radical (unpaired) electrons. The van der Waals surface area contributed by atoms with Crippen molar-refractivity contribution in [2.75, 3.05) is 0 Å². The minimum atomic E-state index is 0.575. The number of nitrogens with zero attached hydrogens (tertiary/aromatic N) is 3. The maximum atomic E-state index is 6.79. The Labute approximate surface area is 376 Å². The molecular weight excluding hydrogens is 791 g/mol. The molecule has 12 aromatic rings. The van der Waals surface area contributed by atoms with E-state index in [0.29, 0.717) is 17.5 Å². The van der Waals surface area contributed by atoms with E-state index in [0.717, 1.165) is 77.6 Å². The number of hydrogen-bond donors (Lipinski definition) is 0. The summed E-state index contributed by atoms with van der Waals surface area (Å²) >= 11 is 0. The molecule has 0 saturated heterocycles. The summed E-state index contributed by atoms with van der Waals surface area (Å²) in [5, 5.41) is 4.37. The van der Waals surface area contributed by atoms with Crippen molar-refractivity contribution in [1.82, 2.24) is 15.0 Å². The second-order valence-corrected chi connectivity index (χ2v) is 16.4. The summed E-state index contributed by atoms with van der Waals surface area (Å²) in [6, 6.07) is 82.9. The monoisotopic (exact) mass is 829 g/mol. The van der Waals surface area contributed by atoms with Gasteiger partial charge in [0, 0.05) is 33.0 Å². The molecule has 2 aromatic heterocycles. The summed E-state index contributed by atoms with van der Waals surface area (Å²) < 4.78 is 6.79. The van der Waals surface area contributed by atoms with E-state index in [4.69, 9.17) is 19.4 Å². The minimum absolute atomic E-state index is 0.575. The molecule has 0 aliphatic heterocycles. The van der Waals surface area contributed by atoms with Gasteiger partial charge in [-0.2, -0.15) is 0 Å². The minimum Gasteiger partial charge on any atom is -0.455 e. The van der Waals surface area contributed by atoms with E-state index in [9.17, 15) is 0 Å². The van der Waals surface area contributed by atoms with Crippen LogP contribution in [0.15, 0.2) is 241 Å². The summed E-state index contributed by atoms with van der Waals surface area (Å²) in [5.74, 6) is 1.76. The predicted octanol–water partition coefficient (Wildman–Crippen LogP) is 16.3. The molecule has 65 heavy (non-hydrogen) atoms. The number of fused-ring (bicyclic) bond motifs is 4. The second-order valence-electron chi connectivity index (χ2n) is 16.4. The van der Waals surface area contributed by atoms with Gasteiger partial charge in [-0.1, -0.05) is 212 Å². The van der Waals surface area contributed by atoms with Crippen LogP contribution in [-0.2, 0) is 0 Å². The molecule has 4 heteroatoms. The van der Waals surface area contributed by atoms with Crippen LogP contribution >= 0.6 is 0 Å². The Morgan fingerprint density at radius 3 is 1.42 bits per heavy atom. The quantitative estimate of drug-likeness (QED) is 0.153. The first-order valence-corrected chi connectivity index (χ1v) is 21.9. The van der Waals surface area contributed by atoms with Gasteiger partial charge in [0.25, 0.3) is 0 Å². The van der Waals surface area contributed by atoms with E-state index >= 15 is 0 Å². The van der Waals surface area contributed by atoms with Crippen molar-refractivity contribution in [3.05, 3.63) is 237 Å². The van der Waals surface area contributed by atoms with Gasteiger partial charge in [0.2, 0.25) is 0 Å². The lowest BCUT2D eigenvalue weighted by Gasteiger charge is -2.11. The van der Waals surface area contributed by atoms with E-state index in [1.54, 1.807) is 0 Å². The second kappa shape index (κ2) is 16.2. The van der Waals surface area contributed by atoms with Gasteiger partial charge in [-0.15, -0.1) is 0 Å². The molecule has 2 heterocycles. The van der Waals surface area contributed by atoms with Crippen molar-refractivity contribution in [3.8, 4) is 89.8 Å². The molecule has 0 N–H and O–H groups in total. The standard InChI is InChI=1S/C61H39N3O/c1-3-13-40(14-4-1)43-27-29-44(30-28-43)45-31-34-46(35-32-45)59-62-60(52-22-10-20-49(39-52)50-36-33-42-17-7-8-18-47(42)37-50)64-61(63-59)55-25-12-26-56-57(55)54-24-11-23-53(58(54)65-56)51-21-9-19-48(38-51)41-15-5-2-6-16-41/h1-39H. The first-order valence-electron chi connectivity index (χ1n) is 21.9. The summed E-state index contributed by atoms with van der Waals surface area (Å²) in [6.07, 6.45) is 0. The van der Waals surface area contributed by atoms with Crippen molar-refractivity contribution in [2.24, 2.45) is 0 Å². The molecule has 0 aliphatic rings. The molecule has 304 valence electrons. The lowest BCUT2D eigenvalue weighted by molar-refractivity contribution is 0.670. The number of rotatable bonds is 8. The van der Waals surface area contributed by atoms with Crippen molar-refractivity contribution < 1.29 is 4.42 Å². The third-order valence-corrected chi connectivity index (χ3v) is 12.4. The van der Waals surface area contributed by atoms with Crippen LogP contribution in [0.5, 0.6) is 0 Å². The SMILES string of the molecule is c1ccc(-c2ccc(-c3ccc(-c4nc(-c5cccc(-c6ccc7ccccc7c6)c5)nc(-c5cccc6oc7c(-c8cccc(-c9ccccc9)c8)cccc7c56)n4)cc3)cc2)cc1. The third-order valence-electron chi connectivity index (χ3n) is 12.4. The molecule has 0 spiro atoms. The zero-order valence-corrected chi connectivity index (χ0v) is 35.3. The van der Waals surface area contributed by atoms with E-state index < -0.39 is 0 Å². The van der Waals surface area contributed by atoms with Gasteiger partial charge in [0.15, 0.2) is 17.5 Å². The summed E-state index contributed by atoms with van der Waals surface area (Å²) in [6.45, 7) is 0. The normalized spacial score (nSPS) is 11.4. The number of hydrogen-bond acceptors (Lipinski definition) is 4. The molecule has 0 bridgehead atoms. The van der Waals surface area contributed by atoms with Gasteiger partial charge < -0.3 is 4.42 Å². The zero-order chi connectivity index (χ0) is 43.1. The smallest absolute Gasteiger partial charge is 0.164 e. The van der Waals surface area contributed by atoms with Crippen LogP contribution in [0.4, 0.5) is 0 Å². The van der Waals surface area contributed by atoms with Crippen LogP contribution in [-0.4, -0.2) is 15.0 Å². The molecule has 0 fully saturated rings. The lowest BCUT2D eigenvalue weighted by atomic mass is 9.97. The Hall–Kier alpha value is -8.73. The fourth-order valence-electron chi connectivity index (χ4n) is 9.02. The van der Waals surface area contributed by atoms with Gasteiger partial charge in [-0.05, 0) is 85.1 Å². The fourth-order valence-corrected chi connectivity index (χ4v) is 9.02. The van der Waals surface area contributed by atoms with Crippen molar-refractivity contribution in [1.29, 1.82) is 0 Å². The molecule has 4 nitrogen and oxygen atoms in total. The van der Waals surface area contributed by atoms with E-state index in [2.05, 4.69) is 212 Å². The van der Waals surface area contributed by atoms with Gasteiger partial charge in [0.05, 0.1) is 0 Å². The highest BCUT2D eigenvalue weighted by molar-refractivity contribution is 6.15. The topological polar surface area (TPSA) is 51.8 Å². The van der Waals surface area contributed by atoms with Crippen LogP contribution in [0.25, 0.3) is 123 Å². The summed E-state index contributed by atoms with van der Waals surface area (Å²) in [7, 11) is 0. The maximum Gasteiger partial charge on any atom is 0.164 e. The highest BCUT2D eigenvalue weighted by atomic mass is 16.3. The summed E-state index contributed by atoms with van der Waals surface area (Å²) in [4.78, 5) is 15.7. The highest BCUT2D eigenvalue weighted by Crippen LogP contribution is 2.41. The number of benzene rings is 10. The van der Waals surface area contributed by atoms with Crippen LogP contribution in [0.3, 0.4) is 0 Å². The van der Waals surface area contributed by atoms with Gasteiger partial charge in [0.1, 0.15) is 11.2 Å². The van der Waals surface area contributed by atoms with Crippen molar-refractivity contribution >= 4 is 32.7 Å². The van der Waals surface area contributed by atoms with Crippen LogP contribution < -0.4 is 0 Å². The average Bonchev–Trinajstić information content (AvgIpc) is 3.78. The maximum absolute atomic E-state index is 6.79. The predicted molar refractivity (Wildman–Crippen MR) is 268 cm³/mol. The molecule has 0 aliphatic carbocycles. The van der Waals surface area contributed by atoms with E-state index in [1.807, 2.05) is 24.3 Å². The highest BCUT2D eigenvalue weighted by Gasteiger charge is 2.20. The number of furan rings is 1. The summed E-state index contributed by atoms with van der Waals surface area (Å²) in [5.41, 5.74) is 15.6. The van der Waals surface area contributed by atoms with Gasteiger partial charge >= 0.3 is 0 Å². The van der Waals surface area contributed by atoms with E-state index in [-0.39, 0.29) is 0 Å². The van der Waals surface area contributed by atoms with Gasteiger partial charge in [-0.25, -0.2) is 15.0 Å². The van der Waals surface area contributed by atoms with Crippen LogP contribution in [0.2, 0.25) is 0 Å². The molecule has 12 rings (SSSR count). The van der Waals surface area contributed by atoms with E-state index in [1.165, 1.54) is 27.5 Å². The molecule has 0 saturated carbocycles. The lowest BCUT2D eigenvalue weighted by Crippen LogP contribution is -2.00. The average molecular weight is 830 g/mol. The molecule has 0 amide bonds. The van der Waals surface area contributed by atoms with Crippen LogP contribution in [0, 0.1) is 0 Å².